The number of carbonyl (C=O) groups is 4. The Morgan fingerprint density at radius 3 is 2.28 bits per heavy atom. The van der Waals surface area contributed by atoms with Gasteiger partial charge in [-0.1, -0.05) is 26.8 Å². The fourth-order valence-electron chi connectivity index (χ4n) is 5.97. The van der Waals surface area contributed by atoms with E-state index in [1.165, 1.54) is 15.8 Å². The van der Waals surface area contributed by atoms with Crippen molar-refractivity contribution in [1.82, 2.24) is 40.5 Å². The number of benzene rings is 1. The number of rotatable bonds is 11. The van der Waals surface area contributed by atoms with Crippen LogP contribution in [0.25, 0.3) is 11.4 Å². The van der Waals surface area contributed by atoms with Crippen molar-refractivity contribution in [1.29, 1.82) is 0 Å². The number of hydrogen-bond acceptors (Lipinski definition) is 11. The first kappa shape index (κ1) is 36.7. The van der Waals surface area contributed by atoms with Gasteiger partial charge in [0.15, 0.2) is 0 Å². The minimum Gasteiger partial charge on any atom is -0.497 e. The molecule has 5 atom stereocenters. The van der Waals surface area contributed by atoms with Crippen LogP contribution in [0, 0.1) is 11.3 Å². The standard InChI is InChI=1S/C33H46N8O8S/c1-9-20-17-33(20,29(44)38-50(46,47)23-14-15-23)35-27(42)24-16-21(41-37-26(36-39-41)19-10-12-22(48-8)13-11-19)18-40(24)28(43)25(31(2,3)4)34-30(45)49-32(5,6)7/h9-13,20-21,23-25H,1,14-18H2,2-8H3,(H,34,45)(H,35,42)(H,38,44)/t20-,21-,24+,25-,33-/m1/s1. The molecule has 3 N–H and O–H groups in total. The monoisotopic (exact) mass is 714 g/mol. The Balaban J connectivity index is 1.44. The maximum absolute atomic E-state index is 14.4. The molecule has 1 aromatic carbocycles. The Bertz CT molecular complexity index is 1760. The maximum atomic E-state index is 14.4. The molecule has 2 aliphatic carbocycles. The minimum absolute atomic E-state index is 0.0297. The Morgan fingerprint density at radius 2 is 1.74 bits per heavy atom. The van der Waals surface area contributed by atoms with Crippen molar-refractivity contribution in [2.45, 2.75) is 102 Å². The third-order valence-electron chi connectivity index (χ3n) is 8.99. The Morgan fingerprint density at radius 1 is 1.08 bits per heavy atom. The van der Waals surface area contributed by atoms with Gasteiger partial charge >= 0.3 is 6.09 Å². The highest BCUT2D eigenvalue weighted by atomic mass is 32.2. The number of tetrazole rings is 1. The highest BCUT2D eigenvalue weighted by molar-refractivity contribution is 7.91. The summed E-state index contributed by atoms with van der Waals surface area (Å²) >= 11 is 0. The molecule has 1 aromatic heterocycles. The molecule has 1 aliphatic heterocycles. The summed E-state index contributed by atoms with van der Waals surface area (Å²) < 4.78 is 38.1. The van der Waals surface area contributed by atoms with Crippen molar-refractivity contribution in [3.05, 3.63) is 36.9 Å². The first-order valence-corrected chi connectivity index (χ1v) is 18.1. The predicted octanol–water partition coefficient (Wildman–Crippen LogP) is 2.10. The zero-order valence-electron chi connectivity index (χ0n) is 29.4. The molecule has 0 unspecified atom stereocenters. The van der Waals surface area contributed by atoms with Gasteiger partial charge in [-0.15, -0.1) is 16.8 Å². The zero-order chi connectivity index (χ0) is 36.8. The molecule has 1 saturated heterocycles. The van der Waals surface area contributed by atoms with E-state index in [0.717, 1.165) is 0 Å². The summed E-state index contributed by atoms with van der Waals surface area (Å²) in [5.74, 6) is -1.65. The van der Waals surface area contributed by atoms with E-state index in [4.69, 9.17) is 9.47 Å². The average molecular weight is 715 g/mol. The summed E-state index contributed by atoms with van der Waals surface area (Å²) in [6, 6.07) is 4.18. The van der Waals surface area contributed by atoms with Gasteiger partial charge in [0.1, 0.15) is 29.0 Å². The number of nitrogens with zero attached hydrogens (tertiary/aromatic N) is 5. The van der Waals surface area contributed by atoms with E-state index in [2.05, 4.69) is 37.3 Å². The molecule has 5 rings (SSSR count). The lowest BCUT2D eigenvalue weighted by molar-refractivity contribution is -0.143. The van der Waals surface area contributed by atoms with Crippen LogP contribution in [0.5, 0.6) is 5.75 Å². The topological polar surface area (TPSA) is 204 Å². The van der Waals surface area contributed by atoms with E-state index in [-0.39, 0.29) is 19.4 Å². The summed E-state index contributed by atoms with van der Waals surface area (Å²) in [7, 11) is -2.34. The van der Waals surface area contributed by atoms with Crippen LogP contribution in [-0.2, 0) is 29.1 Å². The number of nitrogens with one attached hydrogen (secondary N) is 3. The van der Waals surface area contributed by atoms with E-state index in [9.17, 15) is 27.6 Å². The van der Waals surface area contributed by atoms with Gasteiger partial charge < -0.3 is 25.0 Å². The van der Waals surface area contributed by atoms with E-state index >= 15 is 0 Å². The first-order valence-electron chi connectivity index (χ1n) is 16.5. The summed E-state index contributed by atoms with van der Waals surface area (Å²) in [5.41, 5.74) is -2.53. The summed E-state index contributed by atoms with van der Waals surface area (Å²) in [6.45, 7) is 14.1. The predicted molar refractivity (Wildman–Crippen MR) is 181 cm³/mol. The summed E-state index contributed by atoms with van der Waals surface area (Å²) in [6.07, 6.45) is 1.77. The maximum Gasteiger partial charge on any atom is 0.408 e. The number of aromatic nitrogens is 4. The lowest BCUT2D eigenvalue weighted by atomic mass is 9.85. The number of methoxy groups -OCH3 is 1. The number of alkyl carbamates (subject to hydrolysis) is 1. The van der Waals surface area contributed by atoms with Crippen molar-refractivity contribution in [3.8, 4) is 17.1 Å². The van der Waals surface area contributed by atoms with Gasteiger partial charge in [-0.3, -0.25) is 19.1 Å². The van der Waals surface area contributed by atoms with Crippen molar-refractivity contribution in [2.75, 3.05) is 13.7 Å². The lowest BCUT2D eigenvalue weighted by Crippen LogP contribution is -2.60. The highest BCUT2D eigenvalue weighted by Crippen LogP contribution is 2.45. The van der Waals surface area contributed by atoms with Crippen LogP contribution < -0.4 is 20.1 Å². The number of sulfonamides is 1. The number of ether oxygens (including phenoxy) is 2. The molecule has 3 aliphatic rings. The minimum atomic E-state index is -3.90. The van der Waals surface area contributed by atoms with E-state index < -0.39 is 79.7 Å². The molecule has 2 saturated carbocycles. The molecule has 3 fully saturated rings. The van der Waals surface area contributed by atoms with Crippen LogP contribution >= 0.6 is 0 Å². The van der Waals surface area contributed by atoms with Crippen molar-refractivity contribution in [2.24, 2.45) is 11.3 Å². The highest BCUT2D eigenvalue weighted by Gasteiger charge is 2.62. The number of hydrogen-bond donors (Lipinski definition) is 3. The third kappa shape index (κ3) is 7.92. The van der Waals surface area contributed by atoms with Crippen LogP contribution in [0.2, 0.25) is 0 Å². The van der Waals surface area contributed by atoms with Crippen molar-refractivity contribution >= 4 is 33.8 Å². The number of amides is 4. The summed E-state index contributed by atoms with van der Waals surface area (Å²) in [5, 5.41) is 17.8. The van der Waals surface area contributed by atoms with E-state index in [0.29, 0.717) is 30.0 Å². The smallest absolute Gasteiger partial charge is 0.408 e. The number of likely N-dealkylation sites (tertiary alicyclic amines) is 1. The Kier molecular flexibility index (Phi) is 9.77. The van der Waals surface area contributed by atoms with Gasteiger partial charge in [-0.25, -0.2) is 13.2 Å². The second-order valence-electron chi connectivity index (χ2n) is 15.2. The van der Waals surface area contributed by atoms with Crippen LogP contribution in [0.15, 0.2) is 36.9 Å². The molecule has 2 heterocycles. The van der Waals surface area contributed by atoms with Gasteiger partial charge in [0.2, 0.25) is 27.7 Å². The Labute approximate surface area is 291 Å². The fraction of sp³-hybridized carbons (Fsp3) is 0.606. The second-order valence-corrected chi connectivity index (χ2v) is 17.1. The molecule has 17 heteroatoms. The van der Waals surface area contributed by atoms with Gasteiger partial charge in [0.05, 0.1) is 18.4 Å². The van der Waals surface area contributed by atoms with Crippen LogP contribution in [0.1, 0.15) is 73.3 Å². The van der Waals surface area contributed by atoms with Gasteiger partial charge in [0, 0.05) is 24.4 Å². The van der Waals surface area contributed by atoms with Gasteiger partial charge in [-0.2, -0.15) is 4.80 Å². The largest absolute Gasteiger partial charge is 0.497 e. The quantitative estimate of drug-likeness (QED) is 0.288. The molecule has 50 heavy (non-hydrogen) atoms. The lowest BCUT2D eigenvalue weighted by Gasteiger charge is -2.36. The van der Waals surface area contributed by atoms with Crippen molar-refractivity contribution < 1.29 is 37.1 Å². The number of carbonyl (C=O) groups excluding carboxylic acids is 4. The van der Waals surface area contributed by atoms with Crippen LogP contribution in [0.3, 0.4) is 0 Å². The summed E-state index contributed by atoms with van der Waals surface area (Å²) in [4.78, 5) is 57.6. The SMILES string of the molecule is C=C[C@@H]1C[C@]1(NC(=O)[C@@H]1C[C@@H](n2nnc(-c3ccc(OC)cc3)n2)CN1C(=O)[C@@H](NC(=O)OC(C)(C)C)C(C)(C)C)C(=O)NS(=O)(=O)C1CC1. The molecule has 0 spiro atoms. The van der Waals surface area contributed by atoms with E-state index in [1.54, 1.807) is 72.9 Å². The molecule has 272 valence electrons. The zero-order valence-corrected chi connectivity index (χ0v) is 30.2. The first-order chi connectivity index (χ1) is 23.3. The van der Waals surface area contributed by atoms with Crippen LogP contribution in [0.4, 0.5) is 4.79 Å². The molecule has 2 aromatic rings. The van der Waals surface area contributed by atoms with Gasteiger partial charge in [-0.05, 0) is 74.9 Å². The third-order valence-corrected chi connectivity index (χ3v) is 10.8. The molecule has 0 radical (unpaired) electrons. The molecule has 4 amide bonds. The molecule has 0 bridgehead atoms. The molecule has 16 nitrogen and oxygen atoms in total. The normalized spacial score (nSPS) is 24.1. The molecular formula is C33H46N8O8S. The Hall–Kier alpha value is -4.54. The van der Waals surface area contributed by atoms with Gasteiger partial charge in [0.25, 0.3) is 5.91 Å². The second kappa shape index (κ2) is 13.3. The molecular weight excluding hydrogens is 668 g/mol. The van der Waals surface area contributed by atoms with Crippen molar-refractivity contribution in [3.63, 3.8) is 0 Å². The fourth-order valence-corrected chi connectivity index (χ4v) is 7.33. The van der Waals surface area contributed by atoms with Crippen LogP contribution in [-0.4, -0.2) is 99.5 Å². The van der Waals surface area contributed by atoms with E-state index in [1.807, 2.05) is 0 Å². The average Bonchev–Trinajstić information content (AvgIpc) is 3.90.